The van der Waals surface area contributed by atoms with E-state index in [1.165, 1.54) is 13.2 Å². The number of benzene rings is 2. The predicted octanol–water partition coefficient (Wildman–Crippen LogP) is 6.77. The molecule has 0 aliphatic carbocycles. The molecule has 0 saturated carbocycles. The van der Waals surface area contributed by atoms with Gasteiger partial charge in [0.2, 0.25) is 0 Å². The van der Waals surface area contributed by atoms with Crippen molar-refractivity contribution in [1.29, 1.82) is 0 Å². The van der Waals surface area contributed by atoms with Crippen molar-refractivity contribution in [2.24, 2.45) is 0 Å². The minimum absolute atomic E-state index is 0.0258. The van der Waals surface area contributed by atoms with Gasteiger partial charge in [-0.2, -0.15) is 15.0 Å². The summed E-state index contributed by atoms with van der Waals surface area (Å²) in [6.45, 7) is 9.01. The molecule has 2 aromatic heterocycles. The summed E-state index contributed by atoms with van der Waals surface area (Å²) < 4.78 is 68.3. The molecule has 2 aromatic carbocycles. The van der Waals surface area contributed by atoms with Crippen LogP contribution in [0, 0.1) is 18.2 Å². The van der Waals surface area contributed by atoms with Crippen molar-refractivity contribution in [3.63, 3.8) is 0 Å². The molecular formula is C43H51F2N7O7. The zero-order valence-corrected chi connectivity index (χ0v) is 34.0. The van der Waals surface area contributed by atoms with Crippen LogP contribution < -0.4 is 19.1 Å². The van der Waals surface area contributed by atoms with Crippen LogP contribution in [0.1, 0.15) is 77.3 Å². The molecule has 1 amide bonds. The minimum Gasteiger partial charge on any atom is -0.467 e. The van der Waals surface area contributed by atoms with Crippen LogP contribution >= 0.6 is 0 Å². The average Bonchev–Trinajstić information content (AvgIpc) is 3.93. The van der Waals surface area contributed by atoms with Crippen LogP contribution in [0.5, 0.6) is 23.5 Å². The number of carbonyl (C=O) groups excluding carboxylic acids is 1. The number of amides is 1. The molecule has 4 aromatic rings. The van der Waals surface area contributed by atoms with Gasteiger partial charge in [0.25, 0.3) is 0 Å². The fourth-order valence-corrected chi connectivity index (χ4v) is 9.81. The first-order valence-electron chi connectivity index (χ1n) is 20.6. The first-order chi connectivity index (χ1) is 28.4. The Hall–Kier alpha value is -4.98. The molecule has 9 rings (SSSR count). The Bertz CT molecular complexity index is 2270. The van der Waals surface area contributed by atoms with Crippen LogP contribution in [-0.2, 0) is 14.2 Å². The summed E-state index contributed by atoms with van der Waals surface area (Å²) in [4.78, 5) is 34.8. The Kier molecular flexibility index (Phi) is 10.4. The molecule has 0 N–H and O–H groups in total. The van der Waals surface area contributed by atoms with Gasteiger partial charge in [0, 0.05) is 51.2 Å². The number of halogens is 2. The van der Waals surface area contributed by atoms with E-state index in [1.807, 2.05) is 30.2 Å². The number of piperazine rings is 1. The van der Waals surface area contributed by atoms with Crippen molar-refractivity contribution in [2.75, 3.05) is 64.8 Å². The fourth-order valence-electron chi connectivity index (χ4n) is 9.81. The molecular weight excluding hydrogens is 765 g/mol. The maximum absolute atomic E-state index is 15.3. The van der Waals surface area contributed by atoms with E-state index >= 15 is 4.39 Å². The summed E-state index contributed by atoms with van der Waals surface area (Å²) in [6.07, 6.45) is 10.0. The van der Waals surface area contributed by atoms with Crippen molar-refractivity contribution in [3.05, 3.63) is 35.6 Å². The number of ether oxygens (including phenoxy) is 6. The number of methoxy groups -OCH3 is 1. The van der Waals surface area contributed by atoms with Crippen molar-refractivity contribution in [2.45, 2.75) is 101 Å². The number of nitrogens with zero attached hydrogens (tertiary/aromatic N) is 7. The molecule has 5 fully saturated rings. The second-order valence-electron chi connectivity index (χ2n) is 17.4. The number of carbonyl (C=O) groups is 1. The van der Waals surface area contributed by atoms with Crippen LogP contribution in [0.15, 0.2) is 24.3 Å². The number of rotatable bonds is 10. The SMILES string of the molecule is C#Cc1c(F)ccc2cc(OCOC)cc(Oc3nc4nc(OC[C@@]56CCCN5C[C@H](F)C6)nc(N5CC6CCC(C5)N6C(=O)OC(C)(C)C)c4n3C3CCCOC3)c12. The first kappa shape index (κ1) is 39.5. The van der Waals surface area contributed by atoms with Gasteiger partial charge < -0.3 is 33.3 Å². The second-order valence-corrected chi connectivity index (χ2v) is 17.4. The average molecular weight is 816 g/mol. The Morgan fingerprint density at radius 2 is 1.86 bits per heavy atom. The van der Waals surface area contributed by atoms with Gasteiger partial charge in [-0.05, 0) is 83.4 Å². The minimum atomic E-state index is -0.916. The lowest BCUT2D eigenvalue weighted by molar-refractivity contribution is 0.0122. The van der Waals surface area contributed by atoms with Gasteiger partial charge in [-0.3, -0.25) is 14.4 Å². The molecule has 7 heterocycles. The molecule has 5 aliphatic rings. The van der Waals surface area contributed by atoms with Crippen molar-refractivity contribution in [1.82, 2.24) is 29.3 Å². The predicted molar refractivity (Wildman–Crippen MR) is 214 cm³/mol. The molecule has 5 aliphatic heterocycles. The highest BCUT2D eigenvalue weighted by atomic mass is 19.1. The summed E-state index contributed by atoms with van der Waals surface area (Å²) in [5.74, 6) is 3.16. The monoisotopic (exact) mass is 815 g/mol. The largest absolute Gasteiger partial charge is 0.467 e. The van der Waals surface area contributed by atoms with Crippen LogP contribution in [0.4, 0.5) is 19.4 Å². The molecule has 3 unspecified atom stereocenters. The van der Waals surface area contributed by atoms with E-state index in [9.17, 15) is 9.18 Å². The van der Waals surface area contributed by atoms with Crippen molar-refractivity contribution < 1.29 is 42.0 Å². The number of aromatic nitrogens is 4. The van der Waals surface area contributed by atoms with Gasteiger partial charge >= 0.3 is 18.1 Å². The number of anilines is 1. The normalized spacial score (nSPS) is 25.7. The third kappa shape index (κ3) is 7.46. The molecule has 314 valence electrons. The highest BCUT2D eigenvalue weighted by Gasteiger charge is 2.50. The standard InChI is InChI=1S/C43H51F2N7O7/c1-6-32-33(45)13-10-26-17-31(57-25-54-5)18-34(35(26)32)58-40-47-37-36(52(40)30-9-7-16-55-23-30)38(48-39(46-37)56-24-43-14-8-15-50(43)20-27(44)19-43)49-21-28-11-12-29(22-49)51(28)41(53)59-42(2,3)4/h1,10,13,17-18,27-30H,7-9,11-12,14-16,19-25H2,2-5H3/t27-,28?,29?,30?,43+/m1/s1. The van der Waals surface area contributed by atoms with E-state index in [-0.39, 0.29) is 61.0 Å². The zero-order valence-electron chi connectivity index (χ0n) is 34.0. The molecule has 59 heavy (non-hydrogen) atoms. The molecule has 0 radical (unpaired) electrons. The number of terminal acetylenes is 1. The van der Waals surface area contributed by atoms with Gasteiger partial charge in [-0.25, -0.2) is 13.6 Å². The number of hydrogen-bond acceptors (Lipinski definition) is 12. The van der Waals surface area contributed by atoms with Crippen molar-refractivity contribution in [3.8, 4) is 35.9 Å². The lowest BCUT2D eigenvalue weighted by atomic mass is 9.95. The van der Waals surface area contributed by atoms with E-state index in [0.717, 1.165) is 45.1 Å². The molecule has 2 bridgehead atoms. The van der Waals surface area contributed by atoms with Crippen LogP contribution in [0.3, 0.4) is 0 Å². The van der Waals surface area contributed by atoms with E-state index in [2.05, 4.69) is 15.7 Å². The summed E-state index contributed by atoms with van der Waals surface area (Å²) in [6, 6.07) is 6.15. The highest BCUT2D eigenvalue weighted by molar-refractivity contribution is 5.95. The van der Waals surface area contributed by atoms with E-state index in [4.69, 9.17) is 49.8 Å². The van der Waals surface area contributed by atoms with Crippen LogP contribution in [0.2, 0.25) is 0 Å². The summed E-state index contributed by atoms with van der Waals surface area (Å²) in [5, 5.41) is 0.980. The maximum Gasteiger partial charge on any atom is 0.410 e. The molecule has 14 nitrogen and oxygen atoms in total. The zero-order chi connectivity index (χ0) is 41.1. The Labute approximate surface area is 342 Å². The van der Waals surface area contributed by atoms with Crippen LogP contribution in [-0.4, -0.2) is 125 Å². The Morgan fingerprint density at radius 1 is 1.05 bits per heavy atom. The molecule has 5 atom stereocenters. The number of alkyl halides is 1. The number of fused-ring (bicyclic) bond motifs is 5. The summed E-state index contributed by atoms with van der Waals surface area (Å²) in [5.41, 5.74) is -0.0890. The van der Waals surface area contributed by atoms with Gasteiger partial charge in [0.15, 0.2) is 18.3 Å². The third-order valence-corrected chi connectivity index (χ3v) is 12.3. The molecule has 16 heteroatoms. The Balaban J connectivity index is 1.17. The molecule has 0 spiro atoms. The molecule has 5 saturated heterocycles. The highest BCUT2D eigenvalue weighted by Crippen LogP contribution is 2.44. The maximum atomic E-state index is 15.3. The van der Waals surface area contributed by atoms with Gasteiger partial charge in [0.05, 0.1) is 35.8 Å². The van der Waals surface area contributed by atoms with E-state index < -0.39 is 23.1 Å². The lowest BCUT2D eigenvalue weighted by Gasteiger charge is -2.42. The lowest BCUT2D eigenvalue weighted by Crippen LogP contribution is -2.57. The van der Waals surface area contributed by atoms with E-state index in [1.54, 1.807) is 18.2 Å². The summed E-state index contributed by atoms with van der Waals surface area (Å²) in [7, 11) is 1.52. The summed E-state index contributed by atoms with van der Waals surface area (Å²) >= 11 is 0. The topological polar surface area (TPSA) is 126 Å². The first-order valence-corrected chi connectivity index (χ1v) is 20.6. The smallest absolute Gasteiger partial charge is 0.410 e. The quantitative estimate of drug-likeness (QED) is 0.124. The number of imidazole rings is 1. The second kappa shape index (κ2) is 15.6. The Morgan fingerprint density at radius 3 is 2.59 bits per heavy atom. The van der Waals surface area contributed by atoms with Crippen LogP contribution in [0.25, 0.3) is 21.9 Å². The van der Waals surface area contributed by atoms with Crippen molar-refractivity contribution >= 4 is 33.8 Å². The number of hydrogen-bond donors (Lipinski definition) is 0. The fraction of sp³-hybridized carbons (Fsp3) is 0.581. The van der Waals surface area contributed by atoms with Gasteiger partial charge in [-0.1, -0.05) is 12.0 Å². The van der Waals surface area contributed by atoms with E-state index in [0.29, 0.717) is 72.8 Å². The van der Waals surface area contributed by atoms with Gasteiger partial charge in [0.1, 0.15) is 41.2 Å². The van der Waals surface area contributed by atoms with Gasteiger partial charge in [-0.15, -0.1) is 6.42 Å². The third-order valence-electron chi connectivity index (χ3n) is 12.3.